The Bertz CT molecular complexity index is 575. The molecule has 0 saturated carbocycles. The maximum absolute atomic E-state index is 13.0. The minimum Gasteiger partial charge on any atom is -0.439 e. The zero-order valence-electron chi connectivity index (χ0n) is 11.4. The van der Waals surface area contributed by atoms with Crippen LogP contribution >= 0.6 is 11.6 Å². The van der Waals surface area contributed by atoms with Gasteiger partial charge in [-0.15, -0.1) is 0 Å². The summed E-state index contributed by atoms with van der Waals surface area (Å²) in [6, 6.07) is 8.16. The number of hydrogen-bond donors (Lipinski definition) is 1. The van der Waals surface area contributed by atoms with Gasteiger partial charge in [-0.25, -0.2) is 9.37 Å². The largest absolute Gasteiger partial charge is 0.439 e. The van der Waals surface area contributed by atoms with Crippen LogP contribution in [0.2, 0.25) is 5.02 Å². The molecule has 0 aliphatic carbocycles. The molecule has 0 radical (unpaired) electrons. The summed E-state index contributed by atoms with van der Waals surface area (Å²) in [4.78, 5) is 4.23. The first-order valence-corrected chi connectivity index (χ1v) is 6.80. The van der Waals surface area contributed by atoms with Gasteiger partial charge in [0.25, 0.3) is 0 Å². The number of aromatic nitrogens is 1. The molecule has 1 heterocycles. The average Bonchev–Trinajstić information content (AvgIpc) is 2.44. The number of nitrogens with zero attached hydrogens (tertiary/aromatic N) is 1. The van der Waals surface area contributed by atoms with Crippen molar-refractivity contribution in [1.29, 1.82) is 0 Å². The second-order valence-electron chi connectivity index (χ2n) is 4.39. The van der Waals surface area contributed by atoms with Crippen molar-refractivity contribution < 1.29 is 9.13 Å². The summed E-state index contributed by atoms with van der Waals surface area (Å²) < 4.78 is 18.6. The number of pyridine rings is 1. The molecule has 106 valence electrons. The fraction of sp³-hybridized carbons (Fsp3) is 0.267. The Hall–Kier alpha value is -1.65. The Labute approximate surface area is 122 Å². The van der Waals surface area contributed by atoms with Crippen LogP contribution in [-0.4, -0.2) is 11.5 Å². The third-order valence-corrected chi connectivity index (χ3v) is 3.17. The summed E-state index contributed by atoms with van der Waals surface area (Å²) in [5.74, 6) is 0.429. The lowest BCUT2D eigenvalue weighted by atomic mass is 10.1. The topological polar surface area (TPSA) is 34.1 Å². The molecule has 3 nitrogen and oxygen atoms in total. The third-order valence-electron chi connectivity index (χ3n) is 2.88. The molecule has 0 spiro atoms. The van der Waals surface area contributed by atoms with Crippen LogP contribution in [0.5, 0.6) is 11.6 Å². The normalized spacial score (nSPS) is 12.2. The lowest BCUT2D eigenvalue weighted by molar-refractivity contribution is 0.460. The number of ether oxygens (including phenoxy) is 1. The molecule has 1 unspecified atom stereocenters. The van der Waals surface area contributed by atoms with Crippen molar-refractivity contribution in [2.45, 2.75) is 19.9 Å². The molecule has 1 aromatic carbocycles. The van der Waals surface area contributed by atoms with Crippen LogP contribution in [0.3, 0.4) is 0 Å². The number of nitrogens with one attached hydrogen (secondary N) is 1. The molecule has 20 heavy (non-hydrogen) atoms. The summed E-state index contributed by atoms with van der Waals surface area (Å²) in [6.45, 7) is 5.02. The fourth-order valence-electron chi connectivity index (χ4n) is 1.79. The first-order valence-electron chi connectivity index (χ1n) is 6.42. The summed E-state index contributed by atoms with van der Waals surface area (Å²) in [5.41, 5.74) is 1.08. The predicted molar refractivity (Wildman–Crippen MR) is 77.8 cm³/mol. The second kappa shape index (κ2) is 6.68. The van der Waals surface area contributed by atoms with E-state index in [0.29, 0.717) is 11.6 Å². The highest BCUT2D eigenvalue weighted by Gasteiger charge is 2.06. The minimum absolute atomic E-state index is 0.0277. The van der Waals surface area contributed by atoms with Crippen LogP contribution < -0.4 is 10.1 Å². The van der Waals surface area contributed by atoms with Crippen molar-refractivity contribution in [3.05, 3.63) is 52.9 Å². The smallest absolute Gasteiger partial charge is 0.219 e. The quantitative estimate of drug-likeness (QED) is 0.891. The maximum Gasteiger partial charge on any atom is 0.219 e. The first kappa shape index (κ1) is 14.8. The number of hydrogen-bond acceptors (Lipinski definition) is 3. The Balaban J connectivity index is 2.08. The summed E-state index contributed by atoms with van der Waals surface area (Å²) in [7, 11) is 0. The van der Waals surface area contributed by atoms with Crippen molar-refractivity contribution in [2.24, 2.45) is 0 Å². The highest BCUT2D eigenvalue weighted by atomic mass is 35.5. The van der Waals surface area contributed by atoms with Gasteiger partial charge in [-0.2, -0.15) is 0 Å². The SMILES string of the molecule is CCNC(C)c1ccc(Oc2ccc(F)c(Cl)c2)nc1. The van der Waals surface area contributed by atoms with E-state index in [9.17, 15) is 4.39 Å². The van der Waals surface area contributed by atoms with Crippen LogP contribution in [0.25, 0.3) is 0 Å². The van der Waals surface area contributed by atoms with Gasteiger partial charge in [0.05, 0.1) is 5.02 Å². The molecule has 5 heteroatoms. The second-order valence-corrected chi connectivity index (χ2v) is 4.79. The van der Waals surface area contributed by atoms with Gasteiger partial charge in [0.1, 0.15) is 11.6 Å². The molecule has 0 amide bonds. The molecular weight excluding hydrogens is 279 g/mol. The van der Waals surface area contributed by atoms with Crippen molar-refractivity contribution in [3.63, 3.8) is 0 Å². The lowest BCUT2D eigenvalue weighted by Gasteiger charge is -2.12. The Kier molecular flexibility index (Phi) is 4.93. The molecule has 1 atom stereocenters. The van der Waals surface area contributed by atoms with Gasteiger partial charge < -0.3 is 10.1 Å². The highest BCUT2D eigenvalue weighted by molar-refractivity contribution is 6.30. The zero-order valence-corrected chi connectivity index (χ0v) is 12.1. The Morgan fingerprint density at radius 2 is 2.15 bits per heavy atom. The fourth-order valence-corrected chi connectivity index (χ4v) is 1.96. The van der Waals surface area contributed by atoms with Crippen LogP contribution in [-0.2, 0) is 0 Å². The van der Waals surface area contributed by atoms with E-state index in [0.717, 1.165) is 12.1 Å². The average molecular weight is 295 g/mol. The van der Waals surface area contributed by atoms with Gasteiger partial charge in [-0.3, -0.25) is 0 Å². The van der Waals surface area contributed by atoms with E-state index in [1.807, 2.05) is 6.07 Å². The summed E-state index contributed by atoms with van der Waals surface area (Å²) in [5, 5.41) is 3.33. The monoisotopic (exact) mass is 294 g/mol. The van der Waals surface area contributed by atoms with E-state index in [-0.39, 0.29) is 11.1 Å². The van der Waals surface area contributed by atoms with Gasteiger partial charge in [0.2, 0.25) is 5.88 Å². The van der Waals surface area contributed by atoms with Gasteiger partial charge in [0.15, 0.2) is 0 Å². The molecule has 2 rings (SSSR count). The van der Waals surface area contributed by atoms with Crippen LogP contribution in [0, 0.1) is 5.82 Å². The van der Waals surface area contributed by atoms with Crippen LogP contribution in [0.1, 0.15) is 25.5 Å². The van der Waals surface area contributed by atoms with Gasteiger partial charge in [0, 0.05) is 24.4 Å². The maximum atomic E-state index is 13.0. The highest BCUT2D eigenvalue weighted by Crippen LogP contribution is 2.25. The third kappa shape index (κ3) is 3.68. The van der Waals surface area contributed by atoms with Crippen LogP contribution in [0.15, 0.2) is 36.5 Å². The minimum atomic E-state index is -0.471. The molecular formula is C15H16ClFN2O. The van der Waals surface area contributed by atoms with Gasteiger partial charge in [-0.1, -0.05) is 24.6 Å². The van der Waals surface area contributed by atoms with Crippen molar-refractivity contribution >= 4 is 11.6 Å². The molecule has 2 aromatic rings. The Morgan fingerprint density at radius 1 is 1.35 bits per heavy atom. The van der Waals surface area contributed by atoms with E-state index in [1.54, 1.807) is 12.3 Å². The van der Waals surface area contributed by atoms with Crippen molar-refractivity contribution in [2.75, 3.05) is 6.54 Å². The molecule has 0 fully saturated rings. The molecule has 1 N–H and O–H groups in total. The molecule has 1 aromatic heterocycles. The van der Waals surface area contributed by atoms with Gasteiger partial charge in [-0.05, 0) is 31.2 Å². The summed E-state index contributed by atoms with van der Waals surface area (Å²) >= 11 is 5.70. The van der Waals surface area contributed by atoms with Crippen molar-refractivity contribution in [1.82, 2.24) is 10.3 Å². The van der Waals surface area contributed by atoms with Crippen molar-refractivity contribution in [3.8, 4) is 11.6 Å². The van der Waals surface area contributed by atoms with E-state index in [4.69, 9.17) is 16.3 Å². The molecule has 0 aliphatic heterocycles. The Morgan fingerprint density at radius 3 is 2.75 bits per heavy atom. The van der Waals surface area contributed by atoms with Crippen LogP contribution in [0.4, 0.5) is 4.39 Å². The molecule has 0 aliphatic rings. The molecule has 0 saturated heterocycles. The van der Waals surface area contributed by atoms with E-state index >= 15 is 0 Å². The summed E-state index contributed by atoms with van der Waals surface area (Å²) in [6.07, 6.45) is 1.76. The van der Waals surface area contributed by atoms with Gasteiger partial charge >= 0.3 is 0 Å². The standard InChI is InChI=1S/C15H16ClFN2O/c1-3-18-10(2)11-4-7-15(19-9-11)20-12-5-6-14(17)13(16)8-12/h4-10,18H,3H2,1-2H3. The zero-order chi connectivity index (χ0) is 14.5. The predicted octanol–water partition coefficient (Wildman–Crippen LogP) is 4.34. The van der Waals surface area contributed by atoms with E-state index in [2.05, 4.69) is 24.1 Å². The number of benzene rings is 1. The van der Waals surface area contributed by atoms with E-state index in [1.165, 1.54) is 18.2 Å². The lowest BCUT2D eigenvalue weighted by Crippen LogP contribution is -2.17. The molecule has 0 bridgehead atoms. The van der Waals surface area contributed by atoms with E-state index < -0.39 is 5.82 Å². The first-order chi connectivity index (χ1) is 9.60. The number of halogens is 2. The number of rotatable bonds is 5.